The number of hydrogen-bond donors (Lipinski definition) is 3. The van der Waals surface area contributed by atoms with Crippen molar-refractivity contribution in [2.24, 2.45) is 5.92 Å². The van der Waals surface area contributed by atoms with Gasteiger partial charge < -0.3 is 24.8 Å². The predicted octanol–water partition coefficient (Wildman–Crippen LogP) is 3.37. The maximum atomic E-state index is 14.9. The molecule has 1 aliphatic rings. The van der Waals surface area contributed by atoms with Crippen LogP contribution in [0, 0.1) is 11.7 Å². The zero-order chi connectivity index (χ0) is 35.5. The van der Waals surface area contributed by atoms with Crippen LogP contribution in [0.25, 0.3) is 17.0 Å². The van der Waals surface area contributed by atoms with Gasteiger partial charge >= 0.3 is 5.69 Å². The molecule has 4 aromatic heterocycles. The zero-order valence-corrected chi connectivity index (χ0v) is 28.1. The smallest absolute Gasteiger partial charge is 0.347 e. The van der Waals surface area contributed by atoms with Crippen LogP contribution in [0.15, 0.2) is 70.5 Å². The van der Waals surface area contributed by atoms with E-state index in [4.69, 9.17) is 4.74 Å². The number of carbonyl (C=O) groups excluding carboxylic acids is 2. The molecule has 2 amide bonds. The van der Waals surface area contributed by atoms with Crippen LogP contribution in [0.2, 0.25) is 0 Å². The van der Waals surface area contributed by atoms with Gasteiger partial charge in [-0.15, -0.1) is 0 Å². The van der Waals surface area contributed by atoms with Crippen LogP contribution < -0.4 is 26.5 Å². The lowest BCUT2D eigenvalue weighted by molar-refractivity contribution is -0.121. The van der Waals surface area contributed by atoms with E-state index in [9.17, 15) is 23.6 Å². The van der Waals surface area contributed by atoms with Crippen LogP contribution in [0.5, 0.6) is 5.75 Å². The Kier molecular flexibility index (Phi) is 9.74. The van der Waals surface area contributed by atoms with E-state index in [2.05, 4.69) is 30.8 Å². The lowest BCUT2D eigenvalue weighted by Crippen LogP contribution is -2.46. The first-order chi connectivity index (χ1) is 24.0. The summed E-state index contributed by atoms with van der Waals surface area (Å²) in [4.78, 5) is 62.5. The summed E-state index contributed by atoms with van der Waals surface area (Å²) in [6, 6.07) is 13.4. The number of halogens is 1. The third kappa shape index (κ3) is 7.11. The Hall–Kier alpha value is -5.86. The molecule has 0 spiro atoms. The number of benzene rings is 1. The highest BCUT2D eigenvalue weighted by Crippen LogP contribution is 2.25. The van der Waals surface area contributed by atoms with E-state index in [1.54, 1.807) is 21.6 Å². The molecular weight excluding hydrogens is 645 g/mol. The Morgan fingerprint density at radius 3 is 2.58 bits per heavy atom. The van der Waals surface area contributed by atoms with Crippen molar-refractivity contribution in [3.05, 3.63) is 104 Å². The molecule has 14 nitrogen and oxygen atoms in total. The first-order valence-corrected chi connectivity index (χ1v) is 16.4. The molecule has 3 N–H and O–H groups in total. The molecule has 0 radical (unpaired) electrons. The standard InChI is InChI=1S/C35H38FN9O5/c1-20(2)26(39-33-25(36)17-38-32(40-33)23-10-11-28-41-42-35(49)45(28)18-23)15-29(47)37-16-24-14-27(46)31(50-19-22-8-6-5-7-9-22)30-34(48)43(21(3)4)12-13-44(24)30/h5-11,14,17-18,20-21,26H,12-13,15-16,19H2,1-4H3,(H,37,47)(H,42,49)(H,38,39,40)/t26-/m1/s1. The lowest BCUT2D eigenvalue weighted by Gasteiger charge is -2.35. The Balaban J connectivity index is 1.19. The quantitative estimate of drug-likeness (QED) is 0.179. The summed E-state index contributed by atoms with van der Waals surface area (Å²) in [5.41, 5.74) is 1.46. The summed E-state index contributed by atoms with van der Waals surface area (Å²) in [5, 5.41) is 12.2. The number of aromatic nitrogens is 6. The number of H-pyrrole nitrogens is 1. The number of fused-ring (bicyclic) bond motifs is 2. The maximum absolute atomic E-state index is 14.9. The second-order valence-electron chi connectivity index (χ2n) is 12.7. The number of aromatic amines is 1. The van der Waals surface area contributed by atoms with Gasteiger partial charge in [-0.3, -0.25) is 14.4 Å². The van der Waals surface area contributed by atoms with Gasteiger partial charge in [0.05, 0.1) is 12.7 Å². The van der Waals surface area contributed by atoms with Crippen LogP contribution in [0.1, 0.15) is 55.9 Å². The van der Waals surface area contributed by atoms with Crippen molar-refractivity contribution >= 4 is 23.3 Å². The number of ether oxygens (including phenoxy) is 1. The number of rotatable bonds is 12. The fourth-order valence-electron chi connectivity index (χ4n) is 5.83. The van der Waals surface area contributed by atoms with Crippen LogP contribution in [0.3, 0.4) is 0 Å². The van der Waals surface area contributed by atoms with Gasteiger partial charge in [-0.1, -0.05) is 44.2 Å². The summed E-state index contributed by atoms with van der Waals surface area (Å²) in [6.07, 6.45) is 2.49. The molecule has 260 valence electrons. The number of anilines is 1. The van der Waals surface area contributed by atoms with E-state index < -0.39 is 23.0 Å². The number of nitrogens with zero attached hydrogens (tertiary/aromatic N) is 6. The molecule has 15 heteroatoms. The van der Waals surface area contributed by atoms with E-state index in [-0.39, 0.29) is 66.4 Å². The van der Waals surface area contributed by atoms with Crippen LogP contribution >= 0.6 is 0 Å². The molecule has 1 aromatic carbocycles. The van der Waals surface area contributed by atoms with Gasteiger partial charge in [-0.05, 0) is 37.5 Å². The largest absolute Gasteiger partial charge is 0.483 e. The van der Waals surface area contributed by atoms with Crippen LogP contribution in [-0.4, -0.2) is 64.5 Å². The maximum Gasteiger partial charge on any atom is 0.347 e. The number of hydrogen-bond acceptors (Lipinski definition) is 9. The molecular formula is C35H38FN9O5. The highest BCUT2D eigenvalue weighted by Gasteiger charge is 2.32. The third-order valence-electron chi connectivity index (χ3n) is 8.64. The van der Waals surface area contributed by atoms with Gasteiger partial charge in [-0.2, -0.15) is 5.10 Å². The molecule has 5 aromatic rings. The minimum absolute atomic E-state index is 0.0122. The van der Waals surface area contributed by atoms with Gasteiger partial charge in [0, 0.05) is 55.1 Å². The van der Waals surface area contributed by atoms with Crippen LogP contribution in [0.4, 0.5) is 10.2 Å². The molecule has 0 saturated carbocycles. The fourth-order valence-corrected chi connectivity index (χ4v) is 5.83. The van der Waals surface area contributed by atoms with E-state index in [1.165, 1.54) is 16.7 Å². The highest BCUT2D eigenvalue weighted by atomic mass is 19.1. The van der Waals surface area contributed by atoms with Crippen molar-refractivity contribution in [1.29, 1.82) is 0 Å². The predicted molar refractivity (Wildman–Crippen MR) is 183 cm³/mol. The van der Waals surface area contributed by atoms with Crippen molar-refractivity contribution in [2.45, 2.75) is 65.9 Å². The Bertz CT molecular complexity index is 2160. The molecule has 0 bridgehead atoms. The average Bonchev–Trinajstić information content (AvgIpc) is 3.47. The van der Waals surface area contributed by atoms with Crippen molar-refractivity contribution in [2.75, 3.05) is 11.9 Å². The number of amides is 2. The van der Waals surface area contributed by atoms with Gasteiger partial charge in [-0.25, -0.2) is 28.7 Å². The molecule has 5 heterocycles. The minimum Gasteiger partial charge on any atom is -0.483 e. The van der Waals surface area contributed by atoms with Crippen molar-refractivity contribution in [3.63, 3.8) is 0 Å². The molecule has 1 atom stereocenters. The first-order valence-electron chi connectivity index (χ1n) is 16.4. The number of carbonyl (C=O) groups is 2. The van der Waals surface area contributed by atoms with Gasteiger partial charge in [0.25, 0.3) is 5.91 Å². The molecule has 0 saturated heterocycles. The monoisotopic (exact) mass is 683 g/mol. The summed E-state index contributed by atoms with van der Waals surface area (Å²) in [5.74, 6) is -1.43. The summed E-state index contributed by atoms with van der Waals surface area (Å²) in [6.45, 7) is 8.56. The molecule has 6 rings (SSSR count). The Labute approximate surface area is 286 Å². The van der Waals surface area contributed by atoms with E-state index in [0.717, 1.165) is 11.8 Å². The first kappa shape index (κ1) is 34.0. The molecule has 0 aliphatic carbocycles. The molecule has 0 unspecified atom stereocenters. The topological polar surface area (TPSA) is 169 Å². The lowest BCUT2D eigenvalue weighted by atomic mass is 10.0. The normalized spacial score (nSPS) is 13.5. The van der Waals surface area contributed by atoms with E-state index >= 15 is 0 Å². The second kappa shape index (κ2) is 14.3. The van der Waals surface area contributed by atoms with Crippen LogP contribution in [-0.2, 0) is 24.5 Å². The summed E-state index contributed by atoms with van der Waals surface area (Å²) in [7, 11) is 0. The number of pyridine rings is 2. The van der Waals surface area contributed by atoms with Crippen molar-refractivity contribution < 1.29 is 18.7 Å². The van der Waals surface area contributed by atoms with E-state index in [0.29, 0.717) is 30.0 Å². The number of nitrogens with one attached hydrogen (secondary N) is 3. The summed E-state index contributed by atoms with van der Waals surface area (Å²) < 4.78 is 23.9. The SMILES string of the molecule is CC(C)[C@@H](CC(=O)NCc1cc(=O)c(OCc2ccccc2)c2n1CCN(C(C)C)C2=O)Nc1nc(-c2ccc3n[nH]c(=O)n3c2)ncc1F. The Morgan fingerprint density at radius 1 is 1.06 bits per heavy atom. The molecule has 50 heavy (non-hydrogen) atoms. The molecule has 1 aliphatic heterocycles. The highest BCUT2D eigenvalue weighted by molar-refractivity contribution is 5.96. The van der Waals surface area contributed by atoms with Crippen molar-refractivity contribution in [3.8, 4) is 17.1 Å². The van der Waals surface area contributed by atoms with E-state index in [1.807, 2.05) is 58.0 Å². The minimum atomic E-state index is -0.706. The fraction of sp³-hybridized carbons (Fsp3) is 0.343. The average molecular weight is 684 g/mol. The van der Waals surface area contributed by atoms with Gasteiger partial charge in [0.1, 0.15) is 6.61 Å². The third-order valence-corrected chi connectivity index (χ3v) is 8.64. The van der Waals surface area contributed by atoms with Gasteiger partial charge in [0.2, 0.25) is 11.3 Å². The zero-order valence-electron chi connectivity index (χ0n) is 28.1. The van der Waals surface area contributed by atoms with Crippen molar-refractivity contribution in [1.82, 2.24) is 39.3 Å². The second-order valence-corrected chi connectivity index (χ2v) is 12.7. The molecule has 0 fully saturated rings. The van der Waals surface area contributed by atoms with Gasteiger partial charge in [0.15, 0.2) is 34.6 Å². The Morgan fingerprint density at radius 2 is 1.84 bits per heavy atom. The summed E-state index contributed by atoms with van der Waals surface area (Å²) >= 11 is 0.